The number of carbonyl (C=O) groups is 2. The number of carbonyl (C=O) groups excluding carboxylic acids is 2. The highest BCUT2D eigenvalue weighted by Crippen LogP contribution is 2.32. The molecule has 210 valence electrons. The molecule has 0 amide bonds. The molecule has 0 spiro atoms. The van der Waals surface area contributed by atoms with Crippen molar-refractivity contribution in [2.75, 3.05) is 6.61 Å². The van der Waals surface area contributed by atoms with Gasteiger partial charge >= 0.3 is 11.9 Å². The molecule has 3 aromatic carbocycles. The van der Waals surface area contributed by atoms with Gasteiger partial charge in [-0.2, -0.15) is 0 Å². The van der Waals surface area contributed by atoms with Gasteiger partial charge in [0, 0.05) is 28.4 Å². The molecule has 2 heterocycles. The van der Waals surface area contributed by atoms with Gasteiger partial charge in [0.2, 0.25) is 0 Å². The van der Waals surface area contributed by atoms with Crippen molar-refractivity contribution < 1.29 is 23.8 Å². The van der Waals surface area contributed by atoms with E-state index in [-0.39, 0.29) is 18.6 Å². The normalized spacial score (nSPS) is 18.1. The highest BCUT2D eigenvalue weighted by atomic mass is 35.5. The Morgan fingerprint density at radius 3 is 2.22 bits per heavy atom. The minimum absolute atomic E-state index is 0.162. The lowest BCUT2D eigenvalue weighted by molar-refractivity contribution is -0.0581. The first kappa shape index (κ1) is 28.9. The van der Waals surface area contributed by atoms with Crippen LogP contribution in [0.3, 0.4) is 0 Å². The van der Waals surface area contributed by atoms with Crippen molar-refractivity contribution in [2.24, 2.45) is 0 Å². The van der Waals surface area contributed by atoms with Crippen molar-refractivity contribution in [3.63, 3.8) is 0 Å². The molecule has 41 heavy (non-hydrogen) atoms. The van der Waals surface area contributed by atoms with Gasteiger partial charge < -0.3 is 14.2 Å². The quantitative estimate of drug-likeness (QED) is 0.163. The predicted octanol–water partition coefficient (Wildman–Crippen LogP) is 6.21. The highest BCUT2D eigenvalue weighted by Gasteiger charge is 2.40. The Bertz CT molecular complexity index is 1560. The largest absolute Gasteiger partial charge is 0.459 e. The summed E-state index contributed by atoms with van der Waals surface area (Å²) in [6, 6.07) is 22.4. The molecule has 5 rings (SSSR count). The second kappa shape index (κ2) is 13.4. The van der Waals surface area contributed by atoms with Crippen LogP contribution < -0.4 is 5.56 Å². The standard InChI is InChI=1S/C30H24Cl2N2O6S/c31-22-10-6-20(7-11-22)29(36)38-17-25-24(40-30(37)21-8-12-23(32)13-9-21)14-28(39-25)34-16-26(33-15-27(34)35)41-18-19-4-2-1-3-5-19/h1-13,15-16,24-25,28H,14,17-18H2/t24-,25+,28+/m0/s1. The fourth-order valence-corrected chi connectivity index (χ4v) is 5.27. The van der Waals surface area contributed by atoms with Crippen LogP contribution in [0.4, 0.5) is 0 Å². The van der Waals surface area contributed by atoms with Gasteiger partial charge in [-0.3, -0.25) is 9.36 Å². The molecule has 1 saturated heterocycles. The molecule has 1 aliphatic heterocycles. The molecule has 1 fully saturated rings. The predicted molar refractivity (Wildman–Crippen MR) is 155 cm³/mol. The van der Waals surface area contributed by atoms with Crippen LogP contribution in [0.15, 0.2) is 101 Å². The van der Waals surface area contributed by atoms with E-state index in [1.54, 1.807) is 54.7 Å². The Labute approximate surface area is 250 Å². The van der Waals surface area contributed by atoms with Gasteiger partial charge in [0.1, 0.15) is 30.1 Å². The zero-order valence-corrected chi connectivity index (χ0v) is 23.9. The molecule has 0 bridgehead atoms. The van der Waals surface area contributed by atoms with Gasteiger partial charge in [0.05, 0.1) is 17.3 Å². The van der Waals surface area contributed by atoms with E-state index in [2.05, 4.69) is 4.98 Å². The molecular weight excluding hydrogens is 587 g/mol. The Kier molecular flexibility index (Phi) is 9.41. The fraction of sp³-hybridized carbons (Fsp3) is 0.200. The van der Waals surface area contributed by atoms with E-state index >= 15 is 0 Å². The van der Waals surface area contributed by atoms with E-state index in [0.29, 0.717) is 32.0 Å². The first-order valence-corrected chi connectivity index (χ1v) is 14.4. The number of halogens is 2. The summed E-state index contributed by atoms with van der Waals surface area (Å²) >= 11 is 13.3. The average Bonchev–Trinajstić information content (AvgIpc) is 3.38. The number of aromatic nitrogens is 2. The first-order chi connectivity index (χ1) is 19.9. The number of ether oxygens (including phenoxy) is 3. The Balaban J connectivity index is 1.32. The van der Waals surface area contributed by atoms with Crippen molar-refractivity contribution in [3.8, 4) is 0 Å². The summed E-state index contributed by atoms with van der Waals surface area (Å²) < 4.78 is 18.8. The summed E-state index contributed by atoms with van der Waals surface area (Å²) in [4.78, 5) is 42.6. The van der Waals surface area contributed by atoms with E-state index in [9.17, 15) is 14.4 Å². The summed E-state index contributed by atoms with van der Waals surface area (Å²) in [5, 5.41) is 1.60. The fourth-order valence-electron chi connectivity index (χ4n) is 4.20. The summed E-state index contributed by atoms with van der Waals surface area (Å²) in [7, 11) is 0. The Hall–Kier alpha value is -3.63. The Morgan fingerprint density at radius 2 is 1.56 bits per heavy atom. The van der Waals surface area contributed by atoms with Crippen LogP contribution in [-0.2, 0) is 20.0 Å². The lowest BCUT2D eigenvalue weighted by atomic mass is 10.1. The van der Waals surface area contributed by atoms with Crippen molar-refractivity contribution in [1.82, 2.24) is 9.55 Å². The molecule has 0 N–H and O–H groups in total. The van der Waals surface area contributed by atoms with Gasteiger partial charge in [-0.15, -0.1) is 11.8 Å². The molecular formula is C30H24Cl2N2O6S. The molecule has 0 saturated carbocycles. The average molecular weight is 612 g/mol. The molecule has 1 aromatic heterocycles. The minimum Gasteiger partial charge on any atom is -0.459 e. The summed E-state index contributed by atoms with van der Waals surface area (Å²) in [5.41, 5.74) is 1.35. The number of nitrogens with zero attached hydrogens (tertiary/aromatic N) is 2. The zero-order chi connectivity index (χ0) is 28.8. The number of hydrogen-bond donors (Lipinski definition) is 0. The third-order valence-corrected chi connectivity index (χ3v) is 7.81. The van der Waals surface area contributed by atoms with Crippen molar-refractivity contribution in [1.29, 1.82) is 0 Å². The van der Waals surface area contributed by atoms with Crippen LogP contribution in [-0.4, -0.2) is 40.3 Å². The van der Waals surface area contributed by atoms with Crippen LogP contribution in [0.25, 0.3) is 0 Å². The molecule has 4 aromatic rings. The van der Waals surface area contributed by atoms with E-state index in [0.717, 1.165) is 5.56 Å². The van der Waals surface area contributed by atoms with Gasteiger partial charge in [0.15, 0.2) is 0 Å². The molecule has 0 radical (unpaired) electrons. The number of thioether (sulfide) groups is 1. The summed E-state index contributed by atoms with van der Waals surface area (Å²) in [5.74, 6) is -0.509. The lowest BCUT2D eigenvalue weighted by Crippen LogP contribution is -2.32. The molecule has 3 atom stereocenters. The SMILES string of the molecule is O=C(OC[C@H]1O[C@@H](n2cc(SCc3ccccc3)ncc2=O)C[C@@H]1OC(=O)c1ccc(Cl)cc1)c1ccc(Cl)cc1. The first-order valence-electron chi connectivity index (χ1n) is 12.7. The summed E-state index contributed by atoms with van der Waals surface area (Å²) in [6.45, 7) is -0.202. The second-order valence-corrected chi connectivity index (χ2v) is 11.0. The number of hydrogen-bond acceptors (Lipinski definition) is 8. The van der Waals surface area contributed by atoms with E-state index in [4.69, 9.17) is 37.4 Å². The second-order valence-electron chi connectivity index (χ2n) is 9.17. The maximum absolute atomic E-state index is 12.9. The highest BCUT2D eigenvalue weighted by molar-refractivity contribution is 7.98. The third-order valence-electron chi connectivity index (χ3n) is 6.32. The lowest BCUT2D eigenvalue weighted by Gasteiger charge is -2.19. The third kappa shape index (κ3) is 7.56. The molecule has 11 heteroatoms. The maximum Gasteiger partial charge on any atom is 0.338 e. The van der Waals surface area contributed by atoms with E-state index in [1.807, 2.05) is 30.3 Å². The van der Waals surface area contributed by atoms with Crippen LogP contribution >= 0.6 is 35.0 Å². The van der Waals surface area contributed by atoms with Crippen LogP contribution in [0.2, 0.25) is 10.0 Å². The number of benzene rings is 3. The van der Waals surface area contributed by atoms with Crippen molar-refractivity contribution in [2.45, 2.75) is 35.6 Å². The van der Waals surface area contributed by atoms with Crippen molar-refractivity contribution in [3.05, 3.63) is 128 Å². The van der Waals surface area contributed by atoms with Gasteiger partial charge in [0.25, 0.3) is 5.56 Å². The smallest absolute Gasteiger partial charge is 0.338 e. The van der Waals surface area contributed by atoms with Crippen LogP contribution in [0, 0.1) is 0 Å². The van der Waals surface area contributed by atoms with Crippen molar-refractivity contribution >= 4 is 46.9 Å². The van der Waals surface area contributed by atoms with Gasteiger partial charge in [-0.05, 0) is 54.1 Å². The topological polar surface area (TPSA) is 96.7 Å². The molecule has 1 aliphatic rings. The molecule has 0 aliphatic carbocycles. The number of rotatable bonds is 9. The van der Waals surface area contributed by atoms with Gasteiger partial charge in [-0.1, -0.05) is 53.5 Å². The van der Waals surface area contributed by atoms with Crippen LogP contribution in [0.5, 0.6) is 0 Å². The van der Waals surface area contributed by atoms with E-state index in [1.165, 1.54) is 22.5 Å². The minimum atomic E-state index is -0.826. The van der Waals surface area contributed by atoms with Gasteiger partial charge in [-0.25, -0.2) is 14.6 Å². The van der Waals surface area contributed by atoms with Crippen LogP contribution in [0.1, 0.15) is 38.9 Å². The monoisotopic (exact) mass is 610 g/mol. The molecule has 0 unspecified atom stereocenters. The van der Waals surface area contributed by atoms with E-state index < -0.39 is 30.4 Å². The summed E-state index contributed by atoms with van der Waals surface area (Å²) in [6.07, 6.45) is 0.619. The zero-order valence-electron chi connectivity index (χ0n) is 21.5. The molecule has 8 nitrogen and oxygen atoms in total. The maximum atomic E-state index is 12.9. The Morgan fingerprint density at radius 1 is 0.927 bits per heavy atom. The number of esters is 2.